The Morgan fingerprint density at radius 3 is 2.63 bits per heavy atom. The molecule has 0 aromatic heterocycles. The maximum atomic E-state index is 12.9. The third-order valence-electron chi connectivity index (χ3n) is 4.80. The third kappa shape index (κ3) is 3.74. The van der Waals surface area contributed by atoms with E-state index in [0.29, 0.717) is 30.9 Å². The number of hydrogen-bond donors (Lipinski definition) is 1. The van der Waals surface area contributed by atoms with Gasteiger partial charge in [0.05, 0.1) is 14.2 Å². The van der Waals surface area contributed by atoms with Crippen LogP contribution in [0.5, 0.6) is 11.5 Å². The van der Waals surface area contributed by atoms with E-state index in [1.54, 1.807) is 32.1 Å². The molecule has 0 unspecified atom stereocenters. The third-order valence-corrected chi connectivity index (χ3v) is 4.80. The molecule has 1 atom stereocenters. The molecule has 6 nitrogen and oxygen atoms in total. The van der Waals surface area contributed by atoms with Gasteiger partial charge in [-0.2, -0.15) is 0 Å². The molecule has 6 heteroatoms. The average molecular weight is 368 g/mol. The largest absolute Gasteiger partial charge is 0.497 e. The fourth-order valence-electron chi connectivity index (χ4n) is 3.37. The number of methoxy groups -OCH3 is 2. The highest BCUT2D eigenvalue weighted by atomic mass is 16.5. The van der Waals surface area contributed by atoms with E-state index < -0.39 is 6.04 Å². The number of carbonyl (C=O) groups excluding carboxylic acids is 2. The van der Waals surface area contributed by atoms with Gasteiger partial charge in [-0.05, 0) is 23.8 Å². The van der Waals surface area contributed by atoms with Crippen molar-refractivity contribution in [2.45, 2.75) is 32.4 Å². The van der Waals surface area contributed by atoms with Gasteiger partial charge in [-0.15, -0.1) is 0 Å². The monoisotopic (exact) mass is 368 g/mol. The van der Waals surface area contributed by atoms with Crippen LogP contribution in [-0.4, -0.2) is 32.1 Å². The molecule has 0 spiro atoms. The van der Waals surface area contributed by atoms with Gasteiger partial charge < -0.3 is 14.8 Å². The highest BCUT2D eigenvalue weighted by Gasteiger charge is 2.37. The van der Waals surface area contributed by atoms with Crippen LogP contribution in [0.3, 0.4) is 0 Å². The van der Waals surface area contributed by atoms with Crippen molar-refractivity contribution in [2.24, 2.45) is 0 Å². The molecule has 0 radical (unpaired) electrons. The zero-order chi connectivity index (χ0) is 19.4. The first-order valence-corrected chi connectivity index (χ1v) is 8.97. The summed E-state index contributed by atoms with van der Waals surface area (Å²) >= 11 is 0. The number of carbonyl (C=O) groups is 2. The van der Waals surface area contributed by atoms with E-state index in [1.165, 1.54) is 0 Å². The molecular formula is C21H24N2O4. The molecule has 2 aromatic rings. The Bertz CT molecular complexity index is 850. The minimum Gasteiger partial charge on any atom is -0.497 e. The van der Waals surface area contributed by atoms with Crippen LogP contribution in [0.25, 0.3) is 0 Å². The standard InChI is InChI=1S/C21H24N2O4/c1-4-20(24)23-17-8-6-5-7-14(17)11-18(23)21(25)22-13-15-9-10-16(26-2)12-19(15)27-3/h5-10,12,18H,4,11,13H2,1-3H3,(H,22,25)/t18-/m0/s1. The number of fused-ring (bicyclic) bond motifs is 1. The lowest BCUT2D eigenvalue weighted by atomic mass is 10.1. The van der Waals surface area contributed by atoms with Gasteiger partial charge in [0.1, 0.15) is 17.5 Å². The molecule has 0 saturated heterocycles. The zero-order valence-electron chi connectivity index (χ0n) is 15.8. The number of nitrogens with zero attached hydrogens (tertiary/aromatic N) is 1. The fraction of sp³-hybridized carbons (Fsp3) is 0.333. The van der Waals surface area contributed by atoms with Crippen LogP contribution in [0.4, 0.5) is 5.69 Å². The number of amides is 2. The Hall–Kier alpha value is -3.02. The van der Waals surface area contributed by atoms with Gasteiger partial charge in [-0.25, -0.2) is 0 Å². The summed E-state index contributed by atoms with van der Waals surface area (Å²) < 4.78 is 10.6. The van der Waals surface area contributed by atoms with Gasteiger partial charge >= 0.3 is 0 Å². The SMILES string of the molecule is CCC(=O)N1c2ccccc2C[C@H]1C(=O)NCc1ccc(OC)cc1OC. The predicted octanol–water partition coefficient (Wildman–Crippen LogP) is 2.69. The second kappa shape index (κ2) is 8.12. The molecule has 0 fully saturated rings. The van der Waals surface area contributed by atoms with Crippen molar-refractivity contribution in [3.8, 4) is 11.5 Å². The highest BCUT2D eigenvalue weighted by Crippen LogP contribution is 2.33. The van der Waals surface area contributed by atoms with E-state index in [-0.39, 0.29) is 11.8 Å². The summed E-state index contributed by atoms with van der Waals surface area (Å²) in [4.78, 5) is 26.9. The summed E-state index contributed by atoms with van der Waals surface area (Å²) in [5.74, 6) is 1.10. The van der Waals surface area contributed by atoms with Crippen molar-refractivity contribution in [3.05, 3.63) is 53.6 Å². The minimum atomic E-state index is -0.529. The average Bonchev–Trinajstić information content (AvgIpc) is 3.10. The molecule has 142 valence electrons. The minimum absolute atomic E-state index is 0.0536. The Morgan fingerprint density at radius 2 is 1.93 bits per heavy atom. The normalized spacial score (nSPS) is 15.2. The summed E-state index contributed by atoms with van der Waals surface area (Å²) in [7, 11) is 3.17. The first kappa shape index (κ1) is 18.8. The van der Waals surface area contributed by atoms with Crippen LogP contribution in [0.1, 0.15) is 24.5 Å². The zero-order valence-corrected chi connectivity index (χ0v) is 15.8. The van der Waals surface area contributed by atoms with Crippen LogP contribution < -0.4 is 19.7 Å². The van der Waals surface area contributed by atoms with Crippen LogP contribution in [0.15, 0.2) is 42.5 Å². The summed E-state index contributed by atoms with van der Waals surface area (Å²) in [5.41, 5.74) is 2.68. The molecule has 2 aromatic carbocycles. The number of ether oxygens (including phenoxy) is 2. The molecule has 1 aliphatic rings. The summed E-state index contributed by atoms with van der Waals surface area (Å²) in [6.07, 6.45) is 0.873. The Morgan fingerprint density at radius 1 is 1.15 bits per heavy atom. The van der Waals surface area contributed by atoms with E-state index in [0.717, 1.165) is 16.8 Å². The van der Waals surface area contributed by atoms with Crippen molar-refractivity contribution in [1.82, 2.24) is 5.32 Å². The number of hydrogen-bond acceptors (Lipinski definition) is 4. The number of rotatable bonds is 6. The van der Waals surface area contributed by atoms with E-state index in [9.17, 15) is 9.59 Å². The van der Waals surface area contributed by atoms with Gasteiger partial charge in [-0.1, -0.05) is 25.1 Å². The lowest BCUT2D eigenvalue weighted by Gasteiger charge is -2.24. The Labute approximate surface area is 159 Å². The van der Waals surface area contributed by atoms with Crippen LogP contribution in [0, 0.1) is 0 Å². The molecule has 1 aliphatic heterocycles. The van der Waals surface area contributed by atoms with Gasteiger partial charge in [0, 0.05) is 36.7 Å². The smallest absolute Gasteiger partial charge is 0.243 e. The second-order valence-corrected chi connectivity index (χ2v) is 6.36. The van der Waals surface area contributed by atoms with Crippen molar-refractivity contribution >= 4 is 17.5 Å². The van der Waals surface area contributed by atoms with E-state index in [1.807, 2.05) is 36.4 Å². The van der Waals surface area contributed by atoms with Gasteiger partial charge in [0.25, 0.3) is 0 Å². The molecule has 3 rings (SSSR count). The van der Waals surface area contributed by atoms with Gasteiger partial charge in [-0.3, -0.25) is 14.5 Å². The molecule has 2 amide bonds. The quantitative estimate of drug-likeness (QED) is 0.851. The first-order valence-electron chi connectivity index (χ1n) is 8.97. The summed E-state index contributed by atoms with van der Waals surface area (Å²) in [6.45, 7) is 2.12. The van der Waals surface area contributed by atoms with Crippen molar-refractivity contribution in [2.75, 3.05) is 19.1 Å². The topological polar surface area (TPSA) is 67.9 Å². The highest BCUT2D eigenvalue weighted by molar-refractivity contribution is 6.03. The number of benzene rings is 2. The van der Waals surface area contributed by atoms with Gasteiger partial charge in [0.2, 0.25) is 11.8 Å². The number of nitrogens with one attached hydrogen (secondary N) is 1. The number of anilines is 1. The lowest BCUT2D eigenvalue weighted by molar-refractivity contribution is -0.126. The maximum absolute atomic E-state index is 12.9. The van der Waals surface area contributed by atoms with Crippen molar-refractivity contribution in [1.29, 1.82) is 0 Å². The predicted molar refractivity (Wildman–Crippen MR) is 103 cm³/mol. The lowest BCUT2D eigenvalue weighted by Crippen LogP contribution is -2.47. The van der Waals surface area contributed by atoms with Crippen LogP contribution in [-0.2, 0) is 22.6 Å². The number of para-hydroxylation sites is 1. The van der Waals surface area contributed by atoms with Crippen molar-refractivity contribution in [3.63, 3.8) is 0 Å². The molecular weight excluding hydrogens is 344 g/mol. The Kier molecular flexibility index (Phi) is 5.64. The summed E-state index contributed by atoms with van der Waals surface area (Å²) in [6, 6.07) is 12.6. The molecule has 0 aliphatic carbocycles. The Balaban J connectivity index is 1.75. The second-order valence-electron chi connectivity index (χ2n) is 6.36. The van der Waals surface area contributed by atoms with E-state index in [4.69, 9.17) is 9.47 Å². The first-order chi connectivity index (χ1) is 13.1. The summed E-state index contributed by atoms with van der Waals surface area (Å²) in [5, 5.41) is 2.94. The fourth-order valence-corrected chi connectivity index (χ4v) is 3.37. The van der Waals surface area contributed by atoms with E-state index in [2.05, 4.69) is 5.32 Å². The van der Waals surface area contributed by atoms with Crippen molar-refractivity contribution < 1.29 is 19.1 Å². The molecule has 27 heavy (non-hydrogen) atoms. The van der Waals surface area contributed by atoms with E-state index >= 15 is 0 Å². The molecule has 0 saturated carbocycles. The maximum Gasteiger partial charge on any atom is 0.243 e. The van der Waals surface area contributed by atoms with Crippen LogP contribution in [0.2, 0.25) is 0 Å². The molecule has 0 bridgehead atoms. The van der Waals surface area contributed by atoms with Gasteiger partial charge in [0.15, 0.2) is 0 Å². The molecule has 1 N–H and O–H groups in total. The van der Waals surface area contributed by atoms with Crippen LogP contribution >= 0.6 is 0 Å². The molecule has 1 heterocycles.